The summed E-state index contributed by atoms with van der Waals surface area (Å²) in [5.41, 5.74) is -0.0255. The molecular formula is C16H23BrF2N2. The minimum absolute atomic E-state index is 0.0194. The van der Waals surface area contributed by atoms with Crippen LogP contribution in [0.5, 0.6) is 0 Å². The van der Waals surface area contributed by atoms with Crippen LogP contribution in [0.3, 0.4) is 0 Å². The molecule has 0 saturated carbocycles. The average Bonchev–Trinajstić information content (AvgIpc) is 2.43. The van der Waals surface area contributed by atoms with Gasteiger partial charge in [0.1, 0.15) is 11.6 Å². The molecular weight excluding hydrogens is 338 g/mol. The summed E-state index contributed by atoms with van der Waals surface area (Å²) in [6.45, 7) is 10.3. The van der Waals surface area contributed by atoms with Gasteiger partial charge in [-0.25, -0.2) is 8.78 Å². The first kappa shape index (κ1) is 16.8. The summed E-state index contributed by atoms with van der Waals surface area (Å²) in [7, 11) is 0. The smallest absolute Gasteiger partial charge is 0.144 e. The SMILES string of the molecule is CCC1(C)CN(Cc2c(F)ccc(Br)c2F)C(C)(C)CN1. The van der Waals surface area contributed by atoms with E-state index < -0.39 is 11.6 Å². The highest BCUT2D eigenvalue weighted by Crippen LogP contribution is 2.30. The molecule has 1 N–H and O–H groups in total. The third-order valence-electron chi connectivity index (χ3n) is 4.61. The van der Waals surface area contributed by atoms with Crippen LogP contribution >= 0.6 is 15.9 Å². The Kier molecular flexibility index (Phi) is 4.76. The predicted octanol–water partition coefficient (Wildman–Crippen LogP) is 4.08. The van der Waals surface area contributed by atoms with Crippen LogP contribution in [0.1, 0.15) is 39.7 Å². The fourth-order valence-corrected chi connectivity index (χ4v) is 3.02. The molecule has 1 aliphatic heterocycles. The third-order valence-corrected chi connectivity index (χ3v) is 5.22. The standard InChI is InChI=1S/C16H23BrF2N2/c1-5-16(4)10-21(15(2,3)9-20-16)8-11-13(18)7-6-12(17)14(11)19/h6-7,20H,5,8-10H2,1-4H3. The van der Waals surface area contributed by atoms with Crippen molar-refractivity contribution in [3.63, 3.8) is 0 Å². The maximum absolute atomic E-state index is 14.2. The molecule has 1 atom stereocenters. The first-order valence-corrected chi connectivity index (χ1v) is 8.10. The van der Waals surface area contributed by atoms with E-state index >= 15 is 0 Å². The molecule has 1 aromatic carbocycles. The summed E-state index contributed by atoms with van der Waals surface area (Å²) >= 11 is 3.14. The molecule has 1 fully saturated rings. The zero-order valence-corrected chi connectivity index (χ0v) is 14.7. The number of nitrogens with zero attached hydrogens (tertiary/aromatic N) is 1. The van der Waals surface area contributed by atoms with Gasteiger partial charge in [-0.05, 0) is 55.3 Å². The van der Waals surface area contributed by atoms with Crippen molar-refractivity contribution in [2.45, 2.75) is 51.7 Å². The molecule has 2 nitrogen and oxygen atoms in total. The predicted molar refractivity (Wildman–Crippen MR) is 85.2 cm³/mol. The van der Waals surface area contributed by atoms with Gasteiger partial charge in [0, 0.05) is 36.3 Å². The lowest BCUT2D eigenvalue weighted by molar-refractivity contribution is 0.0230. The number of hydrogen-bond donors (Lipinski definition) is 1. The van der Waals surface area contributed by atoms with Crippen LogP contribution in [-0.4, -0.2) is 29.1 Å². The minimum atomic E-state index is -0.498. The lowest BCUT2D eigenvalue weighted by Gasteiger charge is -2.50. The fourth-order valence-electron chi connectivity index (χ4n) is 2.64. The van der Waals surface area contributed by atoms with Crippen molar-refractivity contribution < 1.29 is 8.78 Å². The molecule has 0 radical (unpaired) electrons. The number of benzene rings is 1. The number of nitrogens with one attached hydrogen (secondary N) is 1. The van der Waals surface area contributed by atoms with Gasteiger partial charge in [0.2, 0.25) is 0 Å². The molecule has 2 rings (SSSR count). The van der Waals surface area contributed by atoms with Crippen molar-refractivity contribution in [2.24, 2.45) is 0 Å². The van der Waals surface area contributed by atoms with Crippen molar-refractivity contribution in [3.05, 3.63) is 33.8 Å². The van der Waals surface area contributed by atoms with Crippen molar-refractivity contribution in [1.82, 2.24) is 10.2 Å². The summed E-state index contributed by atoms with van der Waals surface area (Å²) in [5, 5.41) is 3.55. The Hall–Kier alpha value is -0.520. The van der Waals surface area contributed by atoms with Gasteiger partial charge in [0.25, 0.3) is 0 Å². The van der Waals surface area contributed by atoms with Crippen molar-refractivity contribution in [3.8, 4) is 0 Å². The quantitative estimate of drug-likeness (QED) is 0.817. The summed E-state index contributed by atoms with van der Waals surface area (Å²) in [6, 6.07) is 2.73. The number of halogens is 3. The normalized spacial score (nSPS) is 26.0. The highest BCUT2D eigenvalue weighted by atomic mass is 79.9. The highest BCUT2D eigenvalue weighted by molar-refractivity contribution is 9.10. The first-order valence-electron chi connectivity index (χ1n) is 7.31. The molecule has 0 amide bonds. The van der Waals surface area contributed by atoms with E-state index in [1.165, 1.54) is 12.1 Å². The number of hydrogen-bond acceptors (Lipinski definition) is 2. The molecule has 5 heteroatoms. The number of rotatable bonds is 3. The molecule has 118 valence electrons. The molecule has 1 heterocycles. The zero-order chi connectivity index (χ0) is 15.8. The van der Waals surface area contributed by atoms with Crippen LogP contribution < -0.4 is 5.32 Å². The molecule has 0 aliphatic carbocycles. The Labute approximate surface area is 134 Å². The summed E-state index contributed by atoms with van der Waals surface area (Å²) in [6.07, 6.45) is 0.975. The van der Waals surface area contributed by atoms with Crippen molar-refractivity contribution >= 4 is 15.9 Å². The van der Waals surface area contributed by atoms with E-state index in [0.717, 1.165) is 19.5 Å². The Morgan fingerprint density at radius 1 is 1.29 bits per heavy atom. The maximum atomic E-state index is 14.2. The van der Waals surface area contributed by atoms with Gasteiger partial charge in [-0.1, -0.05) is 6.92 Å². The van der Waals surface area contributed by atoms with E-state index in [1.54, 1.807) is 0 Å². The monoisotopic (exact) mass is 360 g/mol. The molecule has 1 unspecified atom stereocenters. The Bertz CT molecular complexity index is 533. The Morgan fingerprint density at radius 2 is 1.95 bits per heavy atom. The number of piperazine rings is 1. The van der Waals surface area contributed by atoms with Gasteiger partial charge >= 0.3 is 0 Å². The van der Waals surface area contributed by atoms with Gasteiger partial charge < -0.3 is 5.32 Å². The van der Waals surface area contributed by atoms with E-state index in [9.17, 15) is 8.78 Å². The summed E-state index contributed by atoms with van der Waals surface area (Å²) in [4.78, 5) is 2.17. The van der Waals surface area contributed by atoms with Gasteiger partial charge in [0.15, 0.2) is 0 Å². The summed E-state index contributed by atoms with van der Waals surface area (Å²) in [5.74, 6) is -0.981. The minimum Gasteiger partial charge on any atom is -0.308 e. The van der Waals surface area contributed by atoms with Gasteiger partial charge in [0.05, 0.1) is 4.47 Å². The molecule has 0 bridgehead atoms. The Balaban J connectivity index is 2.30. The molecule has 0 spiro atoms. The fraction of sp³-hybridized carbons (Fsp3) is 0.625. The molecule has 21 heavy (non-hydrogen) atoms. The molecule has 0 aromatic heterocycles. The third kappa shape index (κ3) is 3.46. The first-order chi connectivity index (χ1) is 9.68. The van der Waals surface area contributed by atoms with E-state index in [4.69, 9.17) is 0 Å². The van der Waals surface area contributed by atoms with Gasteiger partial charge in [-0.3, -0.25) is 4.90 Å². The lowest BCUT2D eigenvalue weighted by atomic mass is 9.88. The van der Waals surface area contributed by atoms with E-state index in [0.29, 0.717) is 4.47 Å². The maximum Gasteiger partial charge on any atom is 0.144 e. The summed E-state index contributed by atoms with van der Waals surface area (Å²) < 4.78 is 28.5. The Morgan fingerprint density at radius 3 is 2.57 bits per heavy atom. The molecule has 1 aromatic rings. The topological polar surface area (TPSA) is 15.3 Å². The molecule has 1 aliphatic rings. The van der Waals surface area contributed by atoms with Crippen molar-refractivity contribution in [2.75, 3.05) is 13.1 Å². The second kappa shape index (κ2) is 5.94. The van der Waals surface area contributed by atoms with Gasteiger partial charge in [-0.15, -0.1) is 0 Å². The van der Waals surface area contributed by atoms with Gasteiger partial charge in [-0.2, -0.15) is 0 Å². The van der Waals surface area contributed by atoms with Crippen LogP contribution in [0.25, 0.3) is 0 Å². The van der Waals surface area contributed by atoms with Crippen LogP contribution in [0.4, 0.5) is 8.78 Å². The zero-order valence-electron chi connectivity index (χ0n) is 13.1. The van der Waals surface area contributed by atoms with Crippen molar-refractivity contribution in [1.29, 1.82) is 0 Å². The van der Waals surface area contributed by atoms with E-state index in [2.05, 4.69) is 53.8 Å². The second-order valence-corrected chi connectivity index (χ2v) is 7.61. The van der Waals surface area contributed by atoms with E-state index in [-0.39, 0.29) is 23.2 Å². The largest absolute Gasteiger partial charge is 0.308 e. The molecule has 1 saturated heterocycles. The lowest BCUT2D eigenvalue weighted by Crippen LogP contribution is -2.66. The van der Waals surface area contributed by atoms with Crippen LogP contribution in [0, 0.1) is 11.6 Å². The average molecular weight is 361 g/mol. The second-order valence-electron chi connectivity index (χ2n) is 6.76. The van der Waals surface area contributed by atoms with Crippen LogP contribution in [-0.2, 0) is 6.54 Å². The van der Waals surface area contributed by atoms with Crippen LogP contribution in [0.2, 0.25) is 0 Å². The van der Waals surface area contributed by atoms with E-state index in [1.807, 2.05) is 0 Å². The van der Waals surface area contributed by atoms with Crippen LogP contribution in [0.15, 0.2) is 16.6 Å². The highest BCUT2D eigenvalue weighted by Gasteiger charge is 2.39.